The normalized spacial score (nSPS) is 9.90. The SMILES string of the molecule is C=CC(=O)NCc1cc(CC)cc(CNC(C)=O)c1O. The van der Waals surface area contributed by atoms with Gasteiger partial charge in [0.1, 0.15) is 5.75 Å². The zero-order chi connectivity index (χ0) is 15.1. The molecule has 2 amide bonds. The highest BCUT2D eigenvalue weighted by Gasteiger charge is 2.10. The summed E-state index contributed by atoms with van der Waals surface area (Å²) >= 11 is 0. The maximum Gasteiger partial charge on any atom is 0.243 e. The van der Waals surface area contributed by atoms with Crippen LogP contribution in [0.5, 0.6) is 5.75 Å². The van der Waals surface area contributed by atoms with Gasteiger partial charge in [0.25, 0.3) is 0 Å². The van der Waals surface area contributed by atoms with Crippen molar-refractivity contribution in [1.29, 1.82) is 0 Å². The molecule has 0 heterocycles. The van der Waals surface area contributed by atoms with Crippen LogP contribution in [0.15, 0.2) is 24.8 Å². The lowest BCUT2D eigenvalue weighted by molar-refractivity contribution is -0.119. The largest absolute Gasteiger partial charge is 0.507 e. The third-order valence-electron chi connectivity index (χ3n) is 2.90. The van der Waals surface area contributed by atoms with Crippen molar-refractivity contribution < 1.29 is 14.7 Å². The summed E-state index contributed by atoms with van der Waals surface area (Å²) in [6.07, 6.45) is 1.98. The molecule has 3 N–H and O–H groups in total. The molecule has 5 heteroatoms. The summed E-state index contributed by atoms with van der Waals surface area (Å²) in [6, 6.07) is 3.69. The molecule has 0 atom stereocenters. The Morgan fingerprint density at radius 1 is 1.25 bits per heavy atom. The highest BCUT2D eigenvalue weighted by molar-refractivity contribution is 5.86. The molecule has 0 radical (unpaired) electrons. The predicted octanol–water partition coefficient (Wildman–Crippen LogP) is 1.39. The van der Waals surface area contributed by atoms with Gasteiger partial charge in [-0.1, -0.05) is 25.6 Å². The standard InChI is InChI=1S/C15H20N2O3/c1-4-11-6-12(8-16-10(3)18)15(20)13(7-11)9-17-14(19)5-2/h5-7,20H,2,4,8-9H2,1,3H3,(H,16,18)(H,17,19). The van der Waals surface area contributed by atoms with Crippen LogP contribution in [-0.4, -0.2) is 16.9 Å². The first kappa shape index (κ1) is 15.8. The van der Waals surface area contributed by atoms with Gasteiger partial charge >= 0.3 is 0 Å². The smallest absolute Gasteiger partial charge is 0.243 e. The molecular weight excluding hydrogens is 256 g/mol. The van der Waals surface area contributed by atoms with Crippen LogP contribution in [0.4, 0.5) is 0 Å². The van der Waals surface area contributed by atoms with Gasteiger partial charge in [-0.05, 0) is 18.1 Å². The number of hydrogen-bond donors (Lipinski definition) is 3. The molecule has 0 saturated carbocycles. The zero-order valence-corrected chi connectivity index (χ0v) is 11.8. The number of phenols is 1. The van der Waals surface area contributed by atoms with E-state index < -0.39 is 0 Å². The van der Waals surface area contributed by atoms with Crippen LogP contribution < -0.4 is 10.6 Å². The van der Waals surface area contributed by atoms with E-state index in [1.807, 2.05) is 19.1 Å². The maximum absolute atomic E-state index is 11.2. The summed E-state index contributed by atoms with van der Waals surface area (Å²) in [5, 5.41) is 15.5. The first-order valence-electron chi connectivity index (χ1n) is 6.46. The number of carbonyl (C=O) groups is 2. The summed E-state index contributed by atoms with van der Waals surface area (Å²) in [5.74, 6) is -0.358. The molecule has 0 aliphatic heterocycles. The minimum absolute atomic E-state index is 0.0975. The fraction of sp³-hybridized carbons (Fsp3) is 0.333. The summed E-state index contributed by atoms with van der Waals surface area (Å²) in [4.78, 5) is 22.1. The molecule has 1 aromatic carbocycles. The van der Waals surface area contributed by atoms with Gasteiger partial charge in [0.2, 0.25) is 11.8 Å². The topological polar surface area (TPSA) is 78.4 Å². The maximum atomic E-state index is 11.2. The molecule has 108 valence electrons. The van der Waals surface area contributed by atoms with E-state index in [9.17, 15) is 14.7 Å². The van der Waals surface area contributed by atoms with Crippen LogP contribution in [0.2, 0.25) is 0 Å². The second-order valence-corrected chi connectivity index (χ2v) is 4.45. The van der Waals surface area contributed by atoms with Crippen molar-refractivity contribution in [2.75, 3.05) is 0 Å². The quantitative estimate of drug-likeness (QED) is 0.687. The molecule has 1 aromatic rings. The summed E-state index contributed by atoms with van der Waals surface area (Å²) < 4.78 is 0. The first-order valence-corrected chi connectivity index (χ1v) is 6.46. The minimum atomic E-state index is -0.297. The average molecular weight is 276 g/mol. The first-order chi connectivity index (χ1) is 9.47. The van der Waals surface area contributed by atoms with E-state index in [2.05, 4.69) is 17.2 Å². The van der Waals surface area contributed by atoms with Gasteiger partial charge in [0, 0.05) is 31.1 Å². The van der Waals surface area contributed by atoms with Gasteiger partial charge < -0.3 is 15.7 Å². The Hall–Kier alpha value is -2.30. The van der Waals surface area contributed by atoms with Crippen LogP contribution in [-0.2, 0) is 29.1 Å². The van der Waals surface area contributed by atoms with Crippen LogP contribution in [0.1, 0.15) is 30.5 Å². The summed E-state index contributed by atoms with van der Waals surface area (Å²) in [6.45, 7) is 7.28. The van der Waals surface area contributed by atoms with Crippen molar-refractivity contribution >= 4 is 11.8 Å². The number of amides is 2. The average Bonchev–Trinajstić information content (AvgIpc) is 2.44. The molecule has 0 aliphatic rings. The lowest BCUT2D eigenvalue weighted by Crippen LogP contribution is -2.21. The molecule has 5 nitrogen and oxygen atoms in total. The van der Waals surface area contributed by atoms with E-state index in [0.29, 0.717) is 11.1 Å². The van der Waals surface area contributed by atoms with Crippen molar-refractivity contribution in [3.05, 3.63) is 41.5 Å². The molecular formula is C15H20N2O3. The Morgan fingerprint density at radius 2 is 1.80 bits per heavy atom. The lowest BCUT2D eigenvalue weighted by Gasteiger charge is -2.13. The Labute approximate surface area is 118 Å². The van der Waals surface area contributed by atoms with Crippen molar-refractivity contribution in [1.82, 2.24) is 10.6 Å². The van der Waals surface area contributed by atoms with Crippen LogP contribution in [0.3, 0.4) is 0 Å². The van der Waals surface area contributed by atoms with Gasteiger partial charge in [0.05, 0.1) is 0 Å². The molecule has 0 bridgehead atoms. The van der Waals surface area contributed by atoms with Crippen LogP contribution in [0, 0.1) is 0 Å². The third-order valence-corrected chi connectivity index (χ3v) is 2.90. The molecule has 0 aliphatic carbocycles. The van der Waals surface area contributed by atoms with Crippen molar-refractivity contribution in [3.63, 3.8) is 0 Å². The van der Waals surface area contributed by atoms with Gasteiger partial charge in [0.15, 0.2) is 0 Å². The zero-order valence-electron chi connectivity index (χ0n) is 11.8. The Kier molecular flexibility index (Phi) is 5.77. The van der Waals surface area contributed by atoms with Crippen molar-refractivity contribution in [2.45, 2.75) is 33.4 Å². The number of aryl methyl sites for hydroxylation is 1. The molecule has 0 spiro atoms. The molecule has 1 rings (SSSR count). The number of rotatable bonds is 6. The predicted molar refractivity (Wildman–Crippen MR) is 77.0 cm³/mol. The summed E-state index contributed by atoms with van der Waals surface area (Å²) in [7, 11) is 0. The van der Waals surface area contributed by atoms with Crippen molar-refractivity contribution in [3.8, 4) is 5.75 Å². The number of benzene rings is 1. The molecule has 0 aromatic heterocycles. The van der Waals surface area contributed by atoms with Crippen LogP contribution in [0.25, 0.3) is 0 Å². The lowest BCUT2D eigenvalue weighted by atomic mass is 10.0. The molecule has 0 fully saturated rings. The highest BCUT2D eigenvalue weighted by atomic mass is 16.3. The van der Waals surface area contributed by atoms with Crippen LogP contribution >= 0.6 is 0 Å². The second kappa shape index (κ2) is 7.33. The van der Waals surface area contributed by atoms with Gasteiger partial charge in [-0.2, -0.15) is 0 Å². The fourth-order valence-corrected chi connectivity index (χ4v) is 1.78. The number of phenolic OH excluding ortho intramolecular Hbond substituents is 1. The third kappa shape index (κ3) is 4.42. The van der Waals surface area contributed by atoms with E-state index in [0.717, 1.165) is 12.0 Å². The van der Waals surface area contributed by atoms with Gasteiger partial charge in [-0.15, -0.1) is 0 Å². The van der Waals surface area contributed by atoms with E-state index >= 15 is 0 Å². The van der Waals surface area contributed by atoms with E-state index in [1.54, 1.807) is 0 Å². The number of hydrogen-bond acceptors (Lipinski definition) is 3. The van der Waals surface area contributed by atoms with E-state index in [-0.39, 0.29) is 30.7 Å². The monoisotopic (exact) mass is 276 g/mol. The van der Waals surface area contributed by atoms with E-state index in [4.69, 9.17) is 0 Å². The van der Waals surface area contributed by atoms with Gasteiger partial charge in [-0.25, -0.2) is 0 Å². The van der Waals surface area contributed by atoms with Crippen molar-refractivity contribution in [2.24, 2.45) is 0 Å². The Balaban J connectivity index is 2.97. The molecule has 20 heavy (non-hydrogen) atoms. The number of nitrogens with one attached hydrogen (secondary N) is 2. The summed E-state index contributed by atoms with van der Waals surface area (Å²) in [5.41, 5.74) is 2.30. The Bertz CT molecular complexity index is 524. The van der Waals surface area contributed by atoms with Gasteiger partial charge in [-0.3, -0.25) is 9.59 Å². The number of aromatic hydroxyl groups is 1. The second-order valence-electron chi connectivity index (χ2n) is 4.45. The molecule has 0 saturated heterocycles. The fourth-order valence-electron chi connectivity index (χ4n) is 1.78. The Morgan fingerprint density at radius 3 is 2.25 bits per heavy atom. The highest BCUT2D eigenvalue weighted by Crippen LogP contribution is 2.25. The minimum Gasteiger partial charge on any atom is -0.507 e. The molecule has 0 unspecified atom stereocenters. The number of carbonyl (C=O) groups excluding carboxylic acids is 2. The van der Waals surface area contributed by atoms with E-state index in [1.165, 1.54) is 13.0 Å².